The molecule has 0 unspecified atom stereocenters. The first-order chi connectivity index (χ1) is 13.3. The number of aromatic nitrogens is 2. The third kappa shape index (κ3) is 4.54. The SMILES string of the molecule is C[C@@H](Nc1nc(N2CCN(C(=O)O)C[C@@H]2C)ncc1Cl)c1ccc(Cl)cc1Cl. The summed E-state index contributed by atoms with van der Waals surface area (Å²) in [7, 11) is 0. The monoisotopic (exact) mass is 443 g/mol. The average molecular weight is 445 g/mol. The number of hydrogen-bond acceptors (Lipinski definition) is 5. The minimum absolute atomic E-state index is 0.0537. The zero-order valence-corrected chi connectivity index (χ0v) is 17.6. The minimum Gasteiger partial charge on any atom is -0.465 e. The molecule has 2 N–H and O–H groups in total. The lowest BCUT2D eigenvalue weighted by molar-refractivity contribution is 0.136. The molecule has 1 saturated heterocycles. The summed E-state index contributed by atoms with van der Waals surface area (Å²) in [6.45, 7) is 5.18. The van der Waals surface area contributed by atoms with Gasteiger partial charge in [-0.1, -0.05) is 40.9 Å². The van der Waals surface area contributed by atoms with Gasteiger partial charge in [-0.15, -0.1) is 0 Å². The van der Waals surface area contributed by atoms with Crippen LogP contribution in [0, 0.1) is 0 Å². The molecule has 0 spiro atoms. The second-order valence-electron chi connectivity index (χ2n) is 6.67. The van der Waals surface area contributed by atoms with Crippen molar-refractivity contribution in [3.05, 3.63) is 45.0 Å². The van der Waals surface area contributed by atoms with Crippen molar-refractivity contribution in [2.45, 2.75) is 25.9 Å². The van der Waals surface area contributed by atoms with E-state index < -0.39 is 6.09 Å². The Balaban J connectivity index is 1.79. The van der Waals surface area contributed by atoms with Gasteiger partial charge in [0.1, 0.15) is 5.02 Å². The highest BCUT2D eigenvalue weighted by molar-refractivity contribution is 6.35. The van der Waals surface area contributed by atoms with Gasteiger partial charge in [-0.2, -0.15) is 4.98 Å². The van der Waals surface area contributed by atoms with Gasteiger partial charge >= 0.3 is 6.09 Å². The van der Waals surface area contributed by atoms with Crippen LogP contribution in [0.3, 0.4) is 0 Å². The van der Waals surface area contributed by atoms with Crippen molar-refractivity contribution in [1.82, 2.24) is 14.9 Å². The van der Waals surface area contributed by atoms with Gasteiger partial charge in [-0.05, 0) is 31.5 Å². The first-order valence-electron chi connectivity index (χ1n) is 8.74. The van der Waals surface area contributed by atoms with E-state index in [4.69, 9.17) is 39.9 Å². The summed E-state index contributed by atoms with van der Waals surface area (Å²) in [6, 6.07) is 5.10. The maximum absolute atomic E-state index is 11.2. The maximum Gasteiger partial charge on any atom is 0.407 e. The maximum atomic E-state index is 11.2. The number of carbonyl (C=O) groups is 1. The third-order valence-corrected chi connectivity index (χ3v) is 5.51. The van der Waals surface area contributed by atoms with Crippen LogP contribution in [-0.4, -0.2) is 51.7 Å². The molecule has 0 radical (unpaired) electrons. The molecular formula is C18H20Cl3N5O2. The molecule has 2 aromatic rings. The van der Waals surface area contributed by atoms with Crippen LogP contribution in [0.5, 0.6) is 0 Å². The largest absolute Gasteiger partial charge is 0.465 e. The van der Waals surface area contributed by atoms with Crippen LogP contribution in [0.15, 0.2) is 24.4 Å². The molecule has 10 heteroatoms. The van der Waals surface area contributed by atoms with Crippen molar-refractivity contribution < 1.29 is 9.90 Å². The Hall–Kier alpha value is -1.96. The quantitative estimate of drug-likeness (QED) is 0.705. The number of hydrogen-bond donors (Lipinski definition) is 2. The summed E-state index contributed by atoms with van der Waals surface area (Å²) < 4.78 is 0. The van der Waals surface area contributed by atoms with Crippen LogP contribution < -0.4 is 10.2 Å². The lowest BCUT2D eigenvalue weighted by Crippen LogP contribution is -2.54. The van der Waals surface area contributed by atoms with Crippen molar-refractivity contribution >= 4 is 52.7 Å². The molecule has 1 aliphatic rings. The molecular weight excluding hydrogens is 425 g/mol. The second kappa shape index (κ2) is 8.59. The number of rotatable bonds is 4. The Bertz CT molecular complexity index is 882. The van der Waals surface area contributed by atoms with Gasteiger partial charge in [-0.3, -0.25) is 0 Å². The topological polar surface area (TPSA) is 81.6 Å². The van der Waals surface area contributed by atoms with Crippen LogP contribution in [0.4, 0.5) is 16.6 Å². The molecule has 1 aliphatic heterocycles. The smallest absolute Gasteiger partial charge is 0.407 e. The molecule has 0 aliphatic carbocycles. The highest BCUT2D eigenvalue weighted by atomic mass is 35.5. The highest BCUT2D eigenvalue weighted by Gasteiger charge is 2.28. The van der Waals surface area contributed by atoms with Gasteiger partial charge in [0.05, 0.1) is 12.2 Å². The van der Waals surface area contributed by atoms with Crippen LogP contribution >= 0.6 is 34.8 Å². The van der Waals surface area contributed by atoms with E-state index in [1.54, 1.807) is 18.3 Å². The zero-order chi connectivity index (χ0) is 20.4. The van der Waals surface area contributed by atoms with Crippen LogP contribution in [-0.2, 0) is 0 Å². The Morgan fingerprint density at radius 3 is 2.68 bits per heavy atom. The standard InChI is InChI=1S/C18H20Cl3N5O2/c1-10-9-25(18(27)28)5-6-26(10)17-22-8-15(21)16(24-17)23-11(2)13-4-3-12(19)7-14(13)20/h3-4,7-8,10-11H,5-6,9H2,1-2H3,(H,27,28)(H,22,23,24)/t10-,11+/m0/s1. The average Bonchev–Trinajstić information content (AvgIpc) is 2.63. The minimum atomic E-state index is -0.917. The molecule has 2 heterocycles. The van der Waals surface area contributed by atoms with Crippen molar-refractivity contribution in [3.63, 3.8) is 0 Å². The Kier molecular flexibility index (Phi) is 6.37. The molecule has 2 atom stereocenters. The predicted molar refractivity (Wildman–Crippen MR) is 112 cm³/mol. The van der Waals surface area contributed by atoms with Crippen LogP contribution in [0.2, 0.25) is 15.1 Å². The number of benzene rings is 1. The summed E-state index contributed by atoms with van der Waals surface area (Å²) in [5.74, 6) is 0.983. The fourth-order valence-electron chi connectivity index (χ4n) is 3.16. The fourth-order valence-corrected chi connectivity index (χ4v) is 3.88. The van der Waals surface area contributed by atoms with E-state index in [0.29, 0.717) is 46.5 Å². The van der Waals surface area contributed by atoms with E-state index in [9.17, 15) is 4.79 Å². The van der Waals surface area contributed by atoms with Gasteiger partial charge in [0, 0.05) is 35.7 Å². The number of amides is 1. The van der Waals surface area contributed by atoms with E-state index in [0.717, 1.165) is 5.56 Å². The van der Waals surface area contributed by atoms with Crippen molar-refractivity contribution in [3.8, 4) is 0 Å². The molecule has 1 amide bonds. The molecule has 150 valence electrons. The van der Waals surface area contributed by atoms with Crippen molar-refractivity contribution in [2.24, 2.45) is 0 Å². The number of nitrogens with one attached hydrogen (secondary N) is 1. The third-order valence-electron chi connectivity index (χ3n) is 4.67. The summed E-state index contributed by atoms with van der Waals surface area (Å²) in [6.07, 6.45) is 0.623. The molecule has 1 fully saturated rings. The van der Waals surface area contributed by atoms with Crippen molar-refractivity contribution in [1.29, 1.82) is 0 Å². The van der Waals surface area contributed by atoms with E-state index in [1.165, 1.54) is 4.90 Å². The summed E-state index contributed by atoms with van der Waals surface area (Å²) >= 11 is 18.5. The van der Waals surface area contributed by atoms with Gasteiger partial charge in [0.25, 0.3) is 0 Å². The van der Waals surface area contributed by atoms with Gasteiger partial charge < -0.3 is 20.2 Å². The van der Waals surface area contributed by atoms with Gasteiger partial charge in [0.2, 0.25) is 5.95 Å². The number of anilines is 2. The number of nitrogens with zero attached hydrogens (tertiary/aromatic N) is 4. The van der Waals surface area contributed by atoms with E-state index in [2.05, 4.69) is 15.3 Å². The van der Waals surface area contributed by atoms with E-state index >= 15 is 0 Å². The summed E-state index contributed by atoms with van der Waals surface area (Å²) in [5.41, 5.74) is 0.866. The van der Waals surface area contributed by atoms with Crippen LogP contribution in [0.25, 0.3) is 0 Å². The van der Waals surface area contributed by atoms with E-state index in [-0.39, 0.29) is 12.1 Å². The Morgan fingerprint density at radius 1 is 1.29 bits per heavy atom. The van der Waals surface area contributed by atoms with Crippen molar-refractivity contribution in [2.75, 3.05) is 29.9 Å². The highest BCUT2D eigenvalue weighted by Crippen LogP contribution is 2.31. The first-order valence-corrected chi connectivity index (χ1v) is 9.88. The molecule has 0 bridgehead atoms. The molecule has 7 nitrogen and oxygen atoms in total. The Morgan fingerprint density at radius 2 is 2.04 bits per heavy atom. The summed E-state index contributed by atoms with van der Waals surface area (Å²) in [4.78, 5) is 23.4. The molecule has 28 heavy (non-hydrogen) atoms. The van der Waals surface area contributed by atoms with Gasteiger partial charge in [-0.25, -0.2) is 9.78 Å². The fraction of sp³-hybridized carbons (Fsp3) is 0.389. The number of carboxylic acid groups (broad SMARTS) is 1. The first kappa shape index (κ1) is 20.8. The second-order valence-corrected chi connectivity index (χ2v) is 7.92. The zero-order valence-electron chi connectivity index (χ0n) is 15.4. The number of halogens is 3. The molecule has 0 saturated carbocycles. The van der Waals surface area contributed by atoms with E-state index in [1.807, 2.05) is 24.8 Å². The summed E-state index contributed by atoms with van der Waals surface area (Å²) in [5, 5.41) is 13.9. The number of piperazine rings is 1. The normalized spacial score (nSPS) is 18.1. The lowest BCUT2D eigenvalue weighted by Gasteiger charge is -2.38. The molecule has 1 aromatic carbocycles. The molecule has 1 aromatic heterocycles. The van der Waals surface area contributed by atoms with Crippen LogP contribution in [0.1, 0.15) is 25.5 Å². The predicted octanol–water partition coefficient (Wildman–Crippen LogP) is 4.80. The molecule has 3 rings (SSSR count). The van der Waals surface area contributed by atoms with Gasteiger partial charge in [0.15, 0.2) is 5.82 Å². The Labute approximate surface area is 178 Å². The lowest BCUT2D eigenvalue weighted by atomic mass is 10.1.